The van der Waals surface area contributed by atoms with Crippen LogP contribution >= 0.6 is 0 Å². The second kappa shape index (κ2) is 7.32. The van der Waals surface area contributed by atoms with Crippen LogP contribution in [0.3, 0.4) is 0 Å². The Hall–Kier alpha value is -3.35. The van der Waals surface area contributed by atoms with Crippen molar-refractivity contribution in [1.82, 2.24) is 4.57 Å². The monoisotopic (exact) mass is 503 g/mol. The molecule has 1 aromatic carbocycles. The van der Waals surface area contributed by atoms with Crippen LogP contribution in [-0.4, -0.2) is 29.6 Å². The van der Waals surface area contributed by atoms with Crippen molar-refractivity contribution in [1.29, 1.82) is 0 Å². The summed E-state index contributed by atoms with van der Waals surface area (Å²) in [5.41, 5.74) is -8.95. The molecule has 0 radical (unpaired) electrons. The fraction of sp³-hybridized carbons (Fsp3) is 0.333. The molecule has 13 heteroatoms. The van der Waals surface area contributed by atoms with Gasteiger partial charge in [-0.3, -0.25) is 4.79 Å². The molecule has 1 aliphatic heterocycles. The Labute approximate surface area is 189 Å². The fourth-order valence-corrected chi connectivity index (χ4v) is 4.46. The number of hydrogen-bond donors (Lipinski definition) is 1. The first-order valence-corrected chi connectivity index (χ1v) is 11.2. The number of rotatable bonds is 3. The third-order valence-corrected chi connectivity index (χ3v) is 6.59. The standard InChI is InChI=1S/C21H17F4NO7S/c1-20(2,3)13-7-10-9-5-4-6-12(33-34(30,31)21(23,24)25)17(9)32-18(10)15-14(22)16(27)11(19(28)29)8-26(13)15/h4-6,8,13H,7H2,1-3H3,(H,28,29). The molecule has 0 aliphatic carbocycles. The fourth-order valence-electron chi connectivity index (χ4n) is 4.00. The Kier molecular flexibility index (Phi) is 5.13. The lowest BCUT2D eigenvalue weighted by molar-refractivity contribution is -0.0499. The van der Waals surface area contributed by atoms with Crippen molar-refractivity contribution in [3.8, 4) is 17.2 Å². The minimum atomic E-state index is -6.02. The predicted octanol–water partition coefficient (Wildman–Crippen LogP) is 4.47. The summed E-state index contributed by atoms with van der Waals surface area (Å²) in [6.45, 7) is 5.40. The van der Waals surface area contributed by atoms with Crippen LogP contribution in [0.5, 0.6) is 5.75 Å². The average molecular weight is 503 g/mol. The highest BCUT2D eigenvalue weighted by atomic mass is 32.2. The highest BCUT2D eigenvalue weighted by Gasteiger charge is 2.49. The minimum absolute atomic E-state index is 0.121. The molecule has 1 N–H and O–H groups in total. The lowest BCUT2D eigenvalue weighted by Gasteiger charge is -2.37. The maximum absolute atomic E-state index is 15.3. The van der Waals surface area contributed by atoms with E-state index in [1.165, 1.54) is 16.7 Å². The summed E-state index contributed by atoms with van der Waals surface area (Å²) in [7, 11) is -6.02. The normalized spacial score (nSPS) is 16.3. The number of aromatic nitrogens is 1. The first kappa shape index (κ1) is 23.8. The number of aromatic carboxylic acids is 1. The third kappa shape index (κ3) is 3.54. The van der Waals surface area contributed by atoms with Gasteiger partial charge in [-0.05, 0) is 17.9 Å². The zero-order chi connectivity index (χ0) is 25.4. The number of halogens is 4. The molecule has 1 aliphatic rings. The number of carboxylic acid groups (broad SMARTS) is 1. The largest absolute Gasteiger partial charge is 0.534 e. The number of benzene rings is 1. The number of carbonyl (C=O) groups is 1. The molecule has 1 unspecified atom stereocenters. The number of nitrogens with zero attached hydrogens (tertiary/aromatic N) is 1. The van der Waals surface area contributed by atoms with E-state index in [0.29, 0.717) is 5.56 Å². The van der Waals surface area contributed by atoms with Crippen molar-refractivity contribution < 1.29 is 44.5 Å². The van der Waals surface area contributed by atoms with E-state index in [0.717, 1.165) is 12.3 Å². The number of pyridine rings is 1. The van der Waals surface area contributed by atoms with Gasteiger partial charge in [-0.1, -0.05) is 32.9 Å². The number of furan rings is 1. The number of para-hydroxylation sites is 1. The van der Waals surface area contributed by atoms with Gasteiger partial charge in [0, 0.05) is 23.2 Å². The molecule has 3 aromatic rings. The minimum Gasteiger partial charge on any atom is -0.477 e. The van der Waals surface area contributed by atoms with E-state index in [9.17, 15) is 36.3 Å². The number of carboxylic acids is 1. The van der Waals surface area contributed by atoms with Crippen molar-refractivity contribution in [3.63, 3.8) is 0 Å². The molecule has 0 spiro atoms. The zero-order valence-electron chi connectivity index (χ0n) is 17.9. The average Bonchev–Trinajstić information content (AvgIpc) is 3.07. The molecule has 0 saturated heterocycles. The molecule has 0 bridgehead atoms. The molecule has 8 nitrogen and oxygen atoms in total. The van der Waals surface area contributed by atoms with Gasteiger partial charge >= 0.3 is 21.6 Å². The molecule has 3 heterocycles. The van der Waals surface area contributed by atoms with Crippen LogP contribution in [-0.2, 0) is 16.5 Å². The van der Waals surface area contributed by atoms with Crippen molar-refractivity contribution in [2.24, 2.45) is 5.41 Å². The van der Waals surface area contributed by atoms with E-state index in [1.807, 2.05) is 0 Å². The predicted molar refractivity (Wildman–Crippen MR) is 111 cm³/mol. The Morgan fingerprint density at radius 3 is 2.44 bits per heavy atom. The first-order chi connectivity index (χ1) is 15.5. The van der Waals surface area contributed by atoms with Gasteiger partial charge in [-0.2, -0.15) is 21.6 Å². The van der Waals surface area contributed by atoms with Gasteiger partial charge in [0.2, 0.25) is 5.43 Å². The first-order valence-electron chi connectivity index (χ1n) is 9.78. The van der Waals surface area contributed by atoms with E-state index < -0.39 is 66.9 Å². The molecule has 34 heavy (non-hydrogen) atoms. The highest BCUT2D eigenvalue weighted by molar-refractivity contribution is 7.88. The van der Waals surface area contributed by atoms with Crippen LogP contribution in [0.1, 0.15) is 42.7 Å². The van der Waals surface area contributed by atoms with Gasteiger partial charge in [0.15, 0.2) is 22.9 Å². The summed E-state index contributed by atoms with van der Waals surface area (Å²) in [4.78, 5) is 23.9. The second-order valence-corrected chi connectivity index (χ2v) is 10.4. The lowest BCUT2D eigenvalue weighted by atomic mass is 9.79. The van der Waals surface area contributed by atoms with Crippen LogP contribution < -0.4 is 9.61 Å². The van der Waals surface area contributed by atoms with Gasteiger partial charge in [0.05, 0.1) is 0 Å². The molecule has 0 fully saturated rings. The summed E-state index contributed by atoms with van der Waals surface area (Å²) in [5, 5.41) is 9.50. The van der Waals surface area contributed by atoms with Crippen LogP contribution in [0, 0.1) is 11.2 Å². The summed E-state index contributed by atoms with van der Waals surface area (Å²) < 4.78 is 88.0. The summed E-state index contributed by atoms with van der Waals surface area (Å²) in [6.07, 6.45) is 1.12. The van der Waals surface area contributed by atoms with Gasteiger partial charge in [0.25, 0.3) is 0 Å². The van der Waals surface area contributed by atoms with E-state index >= 15 is 4.39 Å². The van der Waals surface area contributed by atoms with Gasteiger partial charge < -0.3 is 18.3 Å². The maximum atomic E-state index is 15.3. The molecule has 0 saturated carbocycles. The van der Waals surface area contributed by atoms with Gasteiger partial charge in [0.1, 0.15) is 11.3 Å². The van der Waals surface area contributed by atoms with E-state index in [1.54, 1.807) is 20.8 Å². The van der Waals surface area contributed by atoms with Crippen LogP contribution in [0.4, 0.5) is 17.6 Å². The lowest BCUT2D eigenvalue weighted by Crippen LogP contribution is -2.34. The zero-order valence-corrected chi connectivity index (χ0v) is 18.7. The van der Waals surface area contributed by atoms with E-state index in [2.05, 4.69) is 4.18 Å². The van der Waals surface area contributed by atoms with E-state index in [4.69, 9.17) is 4.42 Å². The summed E-state index contributed by atoms with van der Waals surface area (Å²) in [5.74, 6) is -4.05. The second-order valence-electron chi connectivity index (χ2n) is 8.86. The SMILES string of the molecule is CC(C)(C)C1Cc2c(oc3c(OS(=O)(=O)C(F)(F)F)cccc23)-c2c(F)c(=O)c(C(=O)O)cn21. The van der Waals surface area contributed by atoms with Crippen LogP contribution in [0.2, 0.25) is 0 Å². The highest BCUT2D eigenvalue weighted by Crippen LogP contribution is 2.48. The van der Waals surface area contributed by atoms with Crippen molar-refractivity contribution >= 4 is 27.1 Å². The molecule has 4 rings (SSSR count). The van der Waals surface area contributed by atoms with Crippen LogP contribution in [0.25, 0.3) is 22.4 Å². The van der Waals surface area contributed by atoms with Crippen molar-refractivity contribution in [3.05, 3.63) is 51.6 Å². The van der Waals surface area contributed by atoms with Crippen LogP contribution in [0.15, 0.2) is 33.6 Å². The molecule has 2 aromatic heterocycles. The van der Waals surface area contributed by atoms with Crippen molar-refractivity contribution in [2.45, 2.75) is 38.7 Å². The molecule has 1 atom stereocenters. The van der Waals surface area contributed by atoms with E-state index in [-0.39, 0.29) is 17.6 Å². The quantitative estimate of drug-likeness (QED) is 0.319. The smallest absolute Gasteiger partial charge is 0.477 e. The molecular weight excluding hydrogens is 486 g/mol. The number of fused-ring (bicyclic) bond motifs is 5. The summed E-state index contributed by atoms with van der Waals surface area (Å²) in [6, 6.07) is 3.03. The topological polar surface area (TPSA) is 116 Å². The van der Waals surface area contributed by atoms with Crippen molar-refractivity contribution in [2.75, 3.05) is 0 Å². The molecule has 182 valence electrons. The maximum Gasteiger partial charge on any atom is 0.534 e. The Bertz CT molecular complexity index is 1510. The molecule has 0 amide bonds. The third-order valence-electron chi connectivity index (χ3n) is 5.62. The number of alkyl halides is 3. The van der Waals surface area contributed by atoms with Gasteiger partial charge in [-0.25, -0.2) is 9.18 Å². The Balaban J connectivity index is 2.04. The Morgan fingerprint density at radius 1 is 1.24 bits per heavy atom. The summed E-state index contributed by atoms with van der Waals surface area (Å²) >= 11 is 0. The molecular formula is C21H17F4NO7S. The number of hydrogen-bond acceptors (Lipinski definition) is 6. The Morgan fingerprint density at radius 2 is 1.88 bits per heavy atom. The van der Waals surface area contributed by atoms with Gasteiger partial charge in [-0.15, -0.1) is 0 Å².